The molecule has 0 aromatic carbocycles. The Hall–Kier alpha value is -0.980. The maximum absolute atomic E-state index is 9.46. The van der Waals surface area contributed by atoms with Crippen LogP contribution in [0.5, 0.6) is 0 Å². The van der Waals surface area contributed by atoms with Crippen molar-refractivity contribution in [3.63, 3.8) is 0 Å². The molecule has 0 spiro atoms. The van der Waals surface area contributed by atoms with Crippen LogP contribution in [0.15, 0.2) is 6.33 Å². The van der Waals surface area contributed by atoms with Crippen LogP contribution in [0.3, 0.4) is 0 Å². The molecular formula is C12H23N5O. The highest BCUT2D eigenvalue weighted by Crippen LogP contribution is 2.14. The van der Waals surface area contributed by atoms with E-state index in [1.165, 1.54) is 0 Å². The molecule has 1 aliphatic rings. The van der Waals surface area contributed by atoms with Gasteiger partial charge >= 0.3 is 0 Å². The van der Waals surface area contributed by atoms with Crippen molar-refractivity contribution in [2.24, 2.45) is 0 Å². The Balaban J connectivity index is 1.84. The third-order valence-corrected chi connectivity index (χ3v) is 3.65. The van der Waals surface area contributed by atoms with Gasteiger partial charge in [0, 0.05) is 25.2 Å². The van der Waals surface area contributed by atoms with Gasteiger partial charge in [-0.05, 0) is 19.9 Å². The lowest BCUT2D eigenvalue weighted by Gasteiger charge is -2.33. The van der Waals surface area contributed by atoms with Crippen molar-refractivity contribution in [2.75, 3.05) is 26.2 Å². The van der Waals surface area contributed by atoms with Crippen LogP contribution in [0.2, 0.25) is 0 Å². The lowest BCUT2D eigenvalue weighted by molar-refractivity contribution is 0.136. The topological polar surface area (TPSA) is 66.2 Å². The molecule has 6 heteroatoms. The molecule has 1 aromatic heterocycles. The first kappa shape index (κ1) is 13.5. The van der Waals surface area contributed by atoms with Gasteiger partial charge in [-0.15, -0.1) is 10.2 Å². The molecule has 0 saturated heterocycles. The van der Waals surface area contributed by atoms with E-state index in [4.69, 9.17) is 0 Å². The standard InChI is InChI=1S/C12H23N5O/c1-3-13-12(2,9-18)4-5-16-6-7-17-10-14-15-11(17)8-16/h10,13,18H,3-9H2,1-2H3. The van der Waals surface area contributed by atoms with E-state index >= 15 is 0 Å². The van der Waals surface area contributed by atoms with Gasteiger partial charge < -0.3 is 15.0 Å². The van der Waals surface area contributed by atoms with Gasteiger partial charge in [-0.25, -0.2) is 0 Å². The zero-order valence-electron chi connectivity index (χ0n) is 11.3. The number of likely N-dealkylation sites (N-methyl/N-ethyl adjacent to an activating group) is 1. The van der Waals surface area contributed by atoms with Crippen LogP contribution in [0.4, 0.5) is 0 Å². The summed E-state index contributed by atoms with van der Waals surface area (Å²) in [7, 11) is 0. The van der Waals surface area contributed by atoms with Crippen molar-refractivity contribution in [3.8, 4) is 0 Å². The maximum Gasteiger partial charge on any atom is 0.147 e. The van der Waals surface area contributed by atoms with E-state index in [1.807, 2.05) is 0 Å². The van der Waals surface area contributed by atoms with Crippen LogP contribution in [0.1, 0.15) is 26.1 Å². The monoisotopic (exact) mass is 253 g/mol. The SMILES string of the molecule is CCNC(C)(CO)CCN1CCn2cnnc2C1. The van der Waals surface area contributed by atoms with E-state index < -0.39 is 0 Å². The van der Waals surface area contributed by atoms with Gasteiger partial charge in [0.25, 0.3) is 0 Å². The molecule has 1 aromatic rings. The summed E-state index contributed by atoms with van der Waals surface area (Å²) in [6, 6.07) is 0. The van der Waals surface area contributed by atoms with Gasteiger partial charge in [0.2, 0.25) is 0 Å². The van der Waals surface area contributed by atoms with Crippen LogP contribution in [0.25, 0.3) is 0 Å². The summed E-state index contributed by atoms with van der Waals surface area (Å²) in [6.07, 6.45) is 2.73. The summed E-state index contributed by atoms with van der Waals surface area (Å²) in [5, 5.41) is 20.9. The number of hydrogen-bond acceptors (Lipinski definition) is 5. The molecule has 2 rings (SSSR count). The number of aliphatic hydroxyl groups is 1. The van der Waals surface area contributed by atoms with Crippen LogP contribution < -0.4 is 5.32 Å². The average Bonchev–Trinajstić information content (AvgIpc) is 2.84. The van der Waals surface area contributed by atoms with Crippen molar-refractivity contribution in [1.29, 1.82) is 0 Å². The molecule has 1 atom stereocenters. The van der Waals surface area contributed by atoms with Crippen molar-refractivity contribution in [3.05, 3.63) is 12.2 Å². The highest BCUT2D eigenvalue weighted by Gasteiger charge is 2.24. The molecule has 102 valence electrons. The number of aromatic nitrogens is 3. The van der Waals surface area contributed by atoms with Crippen molar-refractivity contribution >= 4 is 0 Å². The van der Waals surface area contributed by atoms with Gasteiger partial charge in [0.15, 0.2) is 0 Å². The first-order valence-electron chi connectivity index (χ1n) is 6.62. The third kappa shape index (κ3) is 3.07. The molecule has 0 radical (unpaired) electrons. The largest absolute Gasteiger partial charge is 0.394 e. The van der Waals surface area contributed by atoms with Gasteiger partial charge in [0.1, 0.15) is 12.2 Å². The fourth-order valence-electron chi connectivity index (χ4n) is 2.36. The molecule has 0 saturated carbocycles. The molecule has 0 aliphatic carbocycles. The molecule has 18 heavy (non-hydrogen) atoms. The van der Waals surface area contributed by atoms with Crippen LogP contribution >= 0.6 is 0 Å². The van der Waals surface area contributed by atoms with E-state index in [1.54, 1.807) is 6.33 Å². The third-order valence-electron chi connectivity index (χ3n) is 3.65. The summed E-state index contributed by atoms with van der Waals surface area (Å²) in [4.78, 5) is 2.37. The Kier molecular flexibility index (Phi) is 4.31. The Morgan fingerprint density at radius 2 is 2.33 bits per heavy atom. The minimum absolute atomic E-state index is 0.171. The van der Waals surface area contributed by atoms with Gasteiger partial charge in [-0.1, -0.05) is 6.92 Å². The highest BCUT2D eigenvalue weighted by atomic mass is 16.3. The Labute approximate surface area is 108 Å². The summed E-state index contributed by atoms with van der Waals surface area (Å²) in [5.74, 6) is 1.04. The first-order chi connectivity index (χ1) is 8.67. The molecule has 2 N–H and O–H groups in total. The second-order valence-electron chi connectivity index (χ2n) is 5.22. The number of aliphatic hydroxyl groups excluding tert-OH is 1. The van der Waals surface area contributed by atoms with Gasteiger partial charge in [0.05, 0.1) is 13.2 Å². The molecule has 0 amide bonds. The molecule has 0 bridgehead atoms. The van der Waals surface area contributed by atoms with Gasteiger partial charge in [-0.3, -0.25) is 4.90 Å². The van der Waals surface area contributed by atoms with E-state index in [9.17, 15) is 5.11 Å². The molecule has 0 fully saturated rings. The quantitative estimate of drug-likeness (QED) is 0.738. The van der Waals surface area contributed by atoms with Crippen LogP contribution in [-0.4, -0.2) is 56.6 Å². The normalized spacial score (nSPS) is 19.5. The van der Waals surface area contributed by atoms with E-state index in [-0.39, 0.29) is 12.1 Å². The van der Waals surface area contributed by atoms with E-state index in [2.05, 4.69) is 38.8 Å². The number of fused-ring (bicyclic) bond motifs is 1. The first-order valence-corrected chi connectivity index (χ1v) is 6.62. The fraction of sp³-hybridized carbons (Fsp3) is 0.833. The Morgan fingerprint density at radius 1 is 1.50 bits per heavy atom. The van der Waals surface area contributed by atoms with E-state index in [0.717, 1.165) is 45.0 Å². The number of hydrogen-bond donors (Lipinski definition) is 2. The lowest BCUT2D eigenvalue weighted by Crippen LogP contribution is -2.48. The molecule has 1 unspecified atom stereocenters. The average molecular weight is 253 g/mol. The summed E-state index contributed by atoms with van der Waals surface area (Å²) >= 11 is 0. The van der Waals surface area contributed by atoms with E-state index in [0.29, 0.717) is 0 Å². The maximum atomic E-state index is 9.46. The molecule has 2 heterocycles. The summed E-state index contributed by atoms with van der Waals surface area (Å²) in [5.41, 5.74) is -0.181. The van der Waals surface area contributed by atoms with Gasteiger partial charge in [-0.2, -0.15) is 0 Å². The predicted octanol–water partition coefficient (Wildman–Crippen LogP) is -0.156. The minimum atomic E-state index is -0.181. The molecule has 6 nitrogen and oxygen atoms in total. The smallest absolute Gasteiger partial charge is 0.147 e. The zero-order chi connectivity index (χ0) is 13.0. The number of nitrogens with zero attached hydrogens (tertiary/aromatic N) is 4. The van der Waals surface area contributed by atoms with Crippen LogP contribution in [-0.2, 0) is 13.1 Å². The second kappa shape index (κ2) is 5.77. The Morgan fingerprint density at radius 3 is 3.06 bits per heavy atom. The fourth-order valence-corrected chi connectivity index (χ4v) is 2.36. The number of nitrogens with one attached hydrogen (secondary N) is 1. The van der Waals surface area contributed by atoms with Crippen molar-refractivity contribution < 1.29 is 5.11 Å². The second-order valence-corrected chi connectivity index (χ2v) is 5.22. The zero-order valence-corrected chi connectivity index (χ0v) is 11.3. The molecular weight excluding hydrogens is 230 g/mol. The minimum Gasteiger partial charge on any atom is -0.394 e. The van der Waals surface area contributed by atoms with Crippen molar-refractivity contribution in [2.45, 2.75) is 38.9 Å². The molecule has 1 aliphatic heterocycles. The summed E-state index contributed by atoms with van der Waals surface area (Å²) < 4.78 is 2.10. The predicted molar refractivity (Wildman–Crippen MR) is 69.1 cm³/mol. The highest BCUT2D eigenvalue weighted by molar-refractivity contribution is 4.91. The summed E-state index contributed by atoms with van der Waals surface area (Å²) in [6.45, 7) is 9.00. The Bertz CT molecular complexity index is 380. The lowest BCUT2D eigenvalue weighted by atomic mass is 9.98. The number of rotatable bonds is 6. The van der Waals surface area contributed by atoms with Crippen molar-refractivity contribution in [1.82, 2.24) is 25.0 Å². The van der Waals surface area contributed by atoms with Crippen LogP contribution in [0, 0.1) is 0 Å².